The SMILES string of the molecule is CCCCCCCN(CCCCCCC)CCNC(=O)Nc1ccc(Cc2ccc(NC(=O)NCCN(CCCCCCC)CCCCCCC)cc2)cc1. The first kappa shape index (κ1) is 48.0. The minimum absolute atomic E-state index is 0.154. The Hall–Kier alpha value is -3.10. The van der Waals surface area contributed by atoms with Crippen LogP contribution in [0.5, 0.6) is 0 Å². The number of anilines is 2. The van der Waals surface area contributed by atoms with Crippen molar-refractivity contribution in [2.75, 3.05) is 63.0 Å². The van der Waals surface area contributed by atoms with E-state index >= 15 is 0 Å². The predicted octanol–water partition coefficient (Wildman–Crippen LogP) is 12.0. The first-order chi connectivity index (χ1) is 27.0. The molecule has 0 aliphatic heterocycles. The molecule has 0 fully saturated rings. The standard InChI is InChI=1S/C47H82N6O2/c1-5-9-13-17-21-35-52(36-22-18-14-10-6-2)39-33-48-46(54)50-44-29-25-42(26-30-44)41-43-27-31-45(32-28-43)51-47(55)49-34-40-53(37-23-19-15-11-7-3)38-24-20-16-12-8-4/h25-32H,5-24,33-41H2,1-4H3,(H2,48,50,54)(H2,49,51,55). The van der Waals surface area contributed by atoms with Crippen LogP contribution in [0.3, 0.4) is 0 Å². The Labute approximate surface area is 337 Å². The van der Waals surface area contributed by atoms with E-state index in [1.807, 2.05) is 24.3 Å². The number of hydrogen-bond acceptors (Lipinski definition) is 4. The largest absolute Gasteiger partial charge is 0.337 e. The summed E-state index contributed by atoms with van der Waals surface area (Å²) in [5.74, 6) is 0. The van der Waals surface area contributed by atoms with Gasteiger partial charge in [-0.1, -0.05) is 155 Å². The van der Waals surface area contributed by atoms with Crippen molar-refractivity contribution in [1.82, 2.24) is 20.4 Å². The summed E-state index contributed by atoms with van der Waals surface area (Å²) < 4.78 is 0. The predicted molar refractivity (Wildman–Crippen MR) is 238 cm³/mol. The highest BCUT2D eigenvalue weighted by atomic mass is 16.2. The van der Waals surface area contributed by atoms with E-state index in [0.29, 0.717) is 13.1 Å². The second-order valence-corrected chi connectivity index (χ2v) is 15.7. The van der Waals surface area contributed by atoms with Crippen molar-refractivity contribution in [3.8, 4) is 0 Å². The van der Waals surface area contributed by atoms with Crippen LogP contribution in [0.25, 0.3) is 0 Å². The van der Waals surface area contributed by atoms with Crippen LogP contribution in [0, 0.1) is 0 Å². The molecule has 2 aromatic rings. The molecule has 4 amide bonds. The molecule has 0 heterocycles. The number of nitrogens with one attached hydrogen (secondary N) is 4. The Morgan fingerprint density at radius 1 is 0.400 bits per heavy atom. The number of urea groups is 2. The van der Waals surface area contributed by atoms with Gasteiger partial charge in [-0.15, -0.1) is 0 Å². The van der Waals surface area contributed by atoms with Gasteiger partial charge >= 0.3 is 12.1 Å². The van der Waals surface area contributed by atoms with Crippen LogP contribution in [0.15, 0.2) is 48.5 Å². The smallest absolute Gasteiger partial charge is 0.319 e. The molecule has 4 N–H and O–H groups in total. The second-order valence-electron chi connectivity index (χ2n) is 15.7. The minimum Gasteiger partial charge on any atom is -0.337 e. The Bertz CT molecular complexity index is 1080. The molecule has 0 unspecified atom stereocenters. The Morgan fingerprint density at radius 3 is 0.982 bits per heavy atom. The number of amides is 4. The fourth-order valence-electron chi connectivity index (χ4n) is 7.08. The van der Waals surface area contributed by atoms with Crippen molar-refractivity contribution < 1.29 is 9.59 Å². The fourth-order valence-corrected chi connectivity index (χ4v) is 7.08. The molecule has 55 heavy (non-hydrogen) atoms. The molecule has 2 aromatic carbocycles. The number of unbranched alkanes of at least 4 members (excludes halogenated alkanes) is 16. The van der Waals surface area contributed by atoms with Gasteiger partial charge in [-0.25, -0.2) is 9.59 Å². The lowest BCUT2D eigenvalue weighted by Crippen LogP contribution is -2.37. The lowest BCUT2D eigenvalue weighted by atomic mass is 10.0. The zero-order valence-electron chi connectivity index (χ0n) is 35.8. The zero-order valence-corrected chi connectivity index (χ0v) is 35.8. The number of hydrogen-bond donors (Lipinski definition) is 4. The van der Waals surface area contributed by atoms with Crippen LogP contribution in [-0.2, 0) is 6.42 Å². The van der Waals surface area contributed by atoms with Gasteiger partial charge in [0.2, 0.25) is 0 Å². The highest BCUT2D eigenvalue weighted by Crippen LogP contribution is 2.16. The van der Waals surface area contributed by atoms with E-state index in [1.165, 1.54) is 140 Å². The summed E-state index contributed by atoms with van der Waals surface area (Å²) in [6, 6.07) is 15.8. The summed E-state index contributed by atoms with van der Waals surface area (Å²) in [5.41, 5.74) is 3.91. The molecule has 0 spiro atoms. The molecule has 0 aliphatic rings. The van der Waals surface area contributed by atoms with E-state index in [2.05, 4.69) is 83.0 Å². The van der Waals surface area contributed by atoms with Crippen LogP contribution in [-0.4, -0.2) is 74.2 Å². The topological polar surface area (TPSA) is 88.7 Å². The van der Waals surface area contributed by atoms with E-state index in [0.717, 1.165) is 57.1 Å². The van der Waals surface area contributed by atoms with Gasteiger partial charge in [0.05, 0.1) is 0 Å². The molecular formula is C47H82N6O2. The number of benzene rings is 2. The molecular weight excluding hydrogens is 681 g/mol. The lowest BCUT2D eigenvalue weighted by molar-refractivity contribution is 0.241. The van der Waals surface area contributed by atoms with Crippen LogP contribution >= 0.6 is 0 Å². The third-order valence-corrected chi connectivity index (χ3v) is 10.6. The summed E-state index contributed by atoms with van der Waals surface area (Å²) in [7, 11) is 0. The number of carbonyl (C=O) groups excluding carboxylic acids is 2. The maximum atomic E-state index is 12.7. The summed E-state index contributed by atoms with van der Waals surface area (Å²) in [4.78, 5) is 30.4. The summed E-state index contributed by atoms with van der Waals surface area (Å²) in [6.07, 6.45) is 26.6. The van der Waals surface area contributed by atoms with E-state index < -0.39 is 0 Å². The molecule has 312 valence electrons. The van der Waals surface area contributed by atoms with Crippen LogP contribution < -0.4 is 21.3 Å². The first-order valence-corrected chi connectivity index (χ1v) is 22.7. The molecule has 0 saturated heterocycles. The lowest BCUT2D eigenvalue weighted by Gasteiger charge is -2.22. The van der Waals surface area contributed by atoms with E-state index in [1.54, 1.807) is 0 Å². The fraction of sp³-hybridized carbons (Fsp3) is 0.702. The number of carbonyl (C=O) groups is 2. The summed E-state index contributed by atoms with van der Waals surface area (Å²) >= 11 is 0. The highest BCUT2D eigenvalue weighted by molar-refractivity contribution is 5.89. The van der Waals surface area contributed by atoms with Crippen LogP contribution in [0.2, 0.25) is 0 Å². The molecule has 0 radical (unpaired) electrons. The maximum Gasteiger partial charge on any atom is 0.319 e. The Morgan fingerprint density at radius 2 is 0.691 bits per heavy atom. The molecule has 8 nitrogen and oxygen atoms in total. The second kappa shape index (κ2) is 33.1. The van der Waals surface area contributed by atoms with Gasteiger partial charge in [0, 0.05) is 37.6 Å². The van der Waals surface area contributed by atoms with Gasteiger partial charge in [0.1, 0.15) is 0 Å². The first-order valence-electron chi connectivity index (χ1n) is 22.7. The maximum absolute atomic E-state index is 12.7. The van der Waals surface area contributed by atoms with Crippen molar-refractivity contribution >= 4 is 23.4 Å². The molecule has 2 rings (SSSR count). The highest BCUT2D eigenvalue weighted by Gasteiger charge is 2.09. The third-order valence-electron chi connectivity index (χ3n) is 10.6. The molecule has 0 aromatic heterocycles. The molecule has 0 bridgehead atoms. The van der Waals surface area contributed by atoms with Gasteiger partial charge in [0.25, 0.3) is 0 Å². The number of rotatable bonds is 34. The summed E-state index contributed by atoms with van der Waals surface area (Å²) in [5, 5.41) is 12.1. The summed E-state index contributed by atoms with van der Waals surface area (Å²) in [6.45, 7) is 16.6. The van der Waals surface area contributed by atoms with Gasteiger partial charge < -0.3 is 31.1 Å². The van der Waals surface area contributed by atoms with E-state index in [9.17, 15) is 9.59 Å². The van der Waals surface area contributed by atoms with Gasteiger partial charge in [-0.05, 0) is 93.7 Å². The van der Waals surface area contributed by atoms with E-state index in [-0.39, 0.29) is 12.1 Å². The third kappa shape index (κ3) is 25.6. The molecule has 0 saturated carbocycles. The average molecular weight is 763 g/mol. The van der Waals surface area contributed by atoms with Crippen molar-refractivity contribution in [1.29, 1.82) is 0 Å². The Balaban J connectivity index is 1.72. The molecule has 8 heteroatoms. The average Bonchev–Trinajstić information content (AvgIpc) is 3.18. The van der Waals surface area contributed by atoms with Crippen LogP contribution in [0.4, 0.5) is 21.0 Å². The van der Waals surface area contributed by atoms with Crippen molar-refractivity contribution in [3.63, 3.8) is 0 Å². The monoisotopic (exact) mass is 763 g/mol. The molecule has 0 atom stereocenters. The quantitative estimate of drug-likeness (QED) is 0.0535. The normalized spacial score (nSPS) is 11.3. The van der Waals surface area contributed by atoms with Gasteiger partial charge in [-0.2, -0.15) is 0 Å². The van der Waals surface area contributed by atoms with Crippen molar-refractivity contribution in [2.24, 2.45) is 0 Å². The van der Waals surface area contributed by atoms with E-state index in [4.69, 9.17) is 0 Å². The minimum atomic E-state index is -0.154. The zero-order chi connectivity index (χ0) is 39.6. The number of nitrogens with zero attached hydrogens (tertiary/aromatic N) is 2. The van der Waals surface area contributed by atoms with Crippen LogP contribution in [0.1, 0.15) is 167 Å². The van der Waals surface area contributed by atoms with Crippen molar-refractivity contribution in [2.45, 2.75) is 163 Å². The molecule has 0 aliphatic carbocycles. The van der Waals surface area contributed by atoms with Gasteiger partial charge in [-0.3, -0.25) is 0 Å². The van der Waals surface area contributed by atoms with Gasteiger partial charge in [0.15, 0.2) is 0 Å². The Kier molecular flexibility index (Phi) is 28.9. The van der Waals surface area contributed by atoms with Crippen molar-refractivity contribution in [3.05, 3.63) is 59.7 Å².